The molecule has 1 saturated heterocycles. The van der Waals surface area contributed by atoms with Gasteiger partial charge in [0.2, 0.25) is 17.6 Å². The van der Waals surface area contributed by atoms with Gasteiger partial charge >= 0.3 is 0 Å². The standard InChI is InChI=1S/C18H21N5O3S/c1-22-10-14(17(20-22)25-2)18(24)23-6-3-4-12(9-23)8-15-19-16(21-26-15)13-5-7-27-11-13/h5,7,10-12H,3-4,6,8-9H2,1-2H3. The zero-order chi connectivity index (χ0) is 18.8. The number of carbonyl (C=O) groups excluding carboxylic acids is 1. The van der Waals surface area contributed by atoms with Gasteiger partial charge in [-0.3, -0.25) is 9.48 Å². The predicted molar refractivity (Wildman–Crippen MR) is 99.7 cm³/mol. The highest BCUT2D eigenvalue weighted by Gasteiger charge is 2.29. The number of hydrogen-bond donors (Lipinski definition) is 0. The van der Waals surface area contributed by atoms with Gasteiger partial charge in [-0.25, -0.2) is 0 Å². The van der Waals surface area contributed by atoms with E-state index in [1.165, 1.54) is 7.11 Å². The number of amides is 1. The summed E-state index contributed by atoms with van der Waals surface area (Å²) in [5.41, 5.74) is 1.47. The minimum Gasteiger partial charge on any atom is -0.479 e. The smallest absolute Gasteiger partial charge is 0.260 e. The summed E-state index contributed by atoms with van der Waals surface area (Å²) in [6.07, 6.45) is 4.36. The van der Waals surface area contributed by atoms with E-state index >= 15 is 0 Å². The number of thiophene rings is 1. The third-order valence-corrected chi connectivity index (χ3v) is 5.42. The lowest BCUT2D eigenvalue weighted by molar-refractivity contribution is 0.0664. The molecule has 0 aromatic carbocycles. The molecule has 0 aliphatic carbocycles. The highest BCUT2D eigenvalue weighted by atomic mass is 32.1. The van der Waals surface area contributed by atoms with Gasteiger partial charge in [0.25, 0.3) is 5.91 Å². The summed E-state index contributed by atoms with van der Waals surface area (Å²) in [6.45, 7) is 1.39. The summed E-state index contributed by atoms with van der Waals surface area (Å²) in [5, 5.41) is 12.2. The number of ether oxygens (including phenoxy) is 1. The molecule has 0 spiro atoms. The van der Waals surface area contributed by atoms with Crippen LogP contribution in [0.4, 0.5) is 0 Å². The van der Waals surface area contributed by atoms with Gasteiger partial charge in [0.1, 0.15) is 5.56 Å². The van der Waals surface area contributed by atoms with E-state index in [-0.39, 0.29) is 5.91 Å². The Morgan fingerprint density at radius 2 is 2.37 bits per heavy atom. The van der Waals surface area contributed by atoms with Crippen molar-refractivity contribution in [3.05, 3.63) is 34.5 Å². The first-order valence-electron chi connectivity index (χ1n) is 8.86. The Morgan fingerprint density at radius 1 is 1.48 bits per heavy atom. The zero-order valence-electron chi connectivity index (χ0n) is 15.3. The van der Waals surface area contributed by atoms with E-state index in [4.69, 9.17) is 9.26 Å². The van der Waals surface area contributed by atoms with Crippen LogP contribution in [-0.2, 0) is 13.5 Å². The molecule has 27 heavy (non-hydrogen) atoms. The summed E-state index contributed by atoms with van der Waals surface area (Å²) < 4.78 is 12.2. The Labute approximate surface area is 160 Å². The first-order chi connectivity index (χ1) is 13.1. The van der Waals surface area contributed by atoms with Crippen molar-refractivity contribution in [1.82, 2.24) is 24.8 Å². The van der Waals surface area contributed by atoms with Crippen molar-refractivity contribution in [1.29, 1.82) is 0 Å². The maximum absolute atomic E-state index is 12.9. The fourth-order valence-corrected chi connectivity index (χ4v) is 4.08. The summed E-state index contributed by atoms with van der Waals surface area (Å²) >= 11 is 1.60. The van der Waals surface area contributed by atoms with Crippen LogP contribution in [0.1, 0.15) is 29.1 Å². The molecule has 1 aliphatic rings. The largest absolute Gasteiger partial charge is 0.479 e. The minimum absolute atomic E-state index is 0.0471. The average molecular weight is 387 g/mol. The SMILES string of the molecule is COc1nn(C)cc1C(=O)N1CCCC(Cc2nc(-c3ccsc3)no2)C1. The maximum Gasteiger partial charge on any atom is 0.260 e. The van der Waals surface area contributed by atoms with E-state index in [0.29, 0.717) is 42.0 Å². The number of rotatable bonds is 5. The molecule has 3 aromatic rings. The van der Waals surface area contributed by atoms with Crippen molar-refractivity contribution < 1.29 is 14.1 Å². The molecule has 1 amide bonds. The number of aryl methyl sites for hydroxylation is 1. The van der Waals surface area contributed by atoms with Gasteiger partial charge in [0, 0.05) is 43.7 Å². The second kappa shape index (κ2) is 7.51. The number of nitrogens with zero attached hydrogens (tertiary/aromatic N) is 5. The molecule has 1 atom stereocenters. The Kier molecular flexibility index (Phi) is 4.93. The van der Waals surface area contributed by atoms with Crippen molar-refractivity contribution in [3.63, 3.8) is 0 Å². The van der Waals surface area contributed by atoms with Gasteiger partial charge in [0.15, 0.2) is 0 Å². The molecule has 142 valence electrons. The molecule has 9 heteroatoms. The van der Waals surface area contributed by atoms with Crippen LogP contribution in [-0.4, -0.2) is 50.9 Å². The van der Waals surface area contributed by atoms with Gasteiger partial charge in [-0.1, -0.05) is 5.16 Å². The molecular weight excluding hydrogens is 366 g/mol. The molecule has 0 N–H and O–H groups in total. The molecule has 8 nitrogen and oxygen atoms in total. The molecular formula is C18H21N5O3S. The molecule has 4 heterocycles. The number of piperidine rings is 1. The highest BCUT2D eigenvalue weighted by molar-refractivity contribution is 7.08. The summed E-state index contributed by atoms with van der Waals surface area (Å²) in [6, 6.07) is 1.97. The molecule has 0 bridgehead atoms. The molecule has 0 saturated carbocycles. The van der Waals surface area contributed by atoms with Gasteiger partial charge in [-0.2, -0.15) is 16.3 Å². The van der Waals surface area contributed by atoms with E-state index in [1.54, 1.807) is 29.3 Å². The fourth-order valence-electron chi connectivity index (χ4n) is 3.45. The first kappa shape index (κ1) is 17.7. The van der Waals surface area contributed by atoms with Crippen LogP contribution < -0.4 is 4.74 Å². The van der Waals surface area contributed by atoms with Crippen molar-refractivity contribution in [3.8, 4) is 17.3 Å². The summed E-state index contributed by atoms with van der Waals surface area (Å²) in [4.78, 5) is 19.3. The van der Waals surface area contributed by atoms with Crippen LogP contribution in [0, 0.1) is 5.92 Å². The van der Waals surface area contributed by atoms with Crippen molar-refractivity contribution in [2.45, 2.75) is 19.3 Å². The van der Waals surface area contributed by atoms with Crippen molar-refractivity contribution >= 4 is 17.2 Å². The monoisotopic (exact) mass is 387 g/mol. The van der Waals surface area contributed by atoms with Crippen LogP contribution in [0.5, 0.6) is 5.88 Å². The van der Waals surface area contributed by atoms with E-state index in [2.05, 4.69) is 15.2 Å². The molecule has 0 radical (unpaired) electrons. The number of hydrogen-bond acceptors (Lipinski definition) is 7. The molecule has 3 aromatic heterocycles. The quantitative estimate of drug-likeness (QED) is 0.669. The lowest BCUT2D eigenvalue weighted by Crippen LogP contribution is -2.40. The predicted octanol–water partition coefficient (Wildman–Crippen LogP) is 2.64. The lowest BCUT2D eigenvalue weighted by atomic mass is 9.94. The van der Waals surface area contributed by atoms with Crippen LogP contribution in [0.2, 0.25) is 0 Å². The number of methoxy groups -OCH3 is 1. The van der Waals surface area contributed by atoms with E-state index in [9.17, 15) is 4.79 Å². The van der Waals surface area contributed by atoms with Crippen LogP contribution in [0.25, 0.3) is 11.4 Å². The lowest BCUT2D eigenvalue weighted by Gasteiger charge is -2.32. The normalized spacial score (nSPS) is 17.3. The van der Waals surface area contributed by atoms with Gasteiger partial charge < -0.3 is 14.2 Å². The van der Waals surface area contributed by atoms with Gasteiger partial charge in [-0.15, -0.1) is 5.10 Å². The van der Waals surface area contributed by atoms with Crippen molar-refractivity contribution in [2.75, 3.05) is 20.2 Å². The van der Waals surface area contributed by atoms with E-state index < -0.39 is 0 Å². The van der Waals surface area contributed by atoms with Crippen LogP contribution >= 0.6 is 11.3 Å². The van der Waals surface area contributed by atoms with Gasteiger partial charge in [0.05, 0.1) is 7.11 Å². The highest BCUT2D eigenvalue weighted by Crippen LogP contribution is 2.25. The van der Waals surface area contributed by atoms with Crippen LogP contribution in [0.3, 0.4) is 0 Å². The Morgan fingerprint density at radius 3 is 3.15 bits per heavy atom. The molecule has 1 unspecified atom stereocenters. The average Bonchev–Trinajstić information content (AvgIpc) is 3.41. The van der Waals surface area contributed by atoms with E-state index in [0.717, 1.165) is 24.9 Å². The topological polar surface area (TPSA) is 86.3 Å². The maximum atomic E-state index is 12.9. The van der Waals surface area contributed by atoms with Crippen molar-refractivity contribution in [2.24, 2.45) is 13.0 Å². The minimum atomic E-state index is -0.0471. The Balaban J connectivity index is 1.43. The third kappa shape index (κ3) is 3.73. The van der Waals surface area contributed by atoms with Gasteiger partial charge in [-0.05, 0) is 30.2 Å². The number of likely N-dealkylation sites (tertiary alicyclic amines) is 1. The summed E-state index contributed by atoms with van der Waals surface area (Å²) in [7, 11) is 3.30. The second-order valence-corrected chi connectivity index (χ2v) is 7.49. The Hall–Kier alpha value is -2.68. The third-order valence-electron chi connectivity index (χ3n) is 4.74. The Bertz CT molecular complexity index is 917. The molecule has 1 fully saturated rings. The first-order valence-corrected chi connectivity index (χ1v) is 9.80. The van der Waals surface area contributed by atoms with Crippen LogP contribution in [0.15, 0.2) is 27.5 Å². The second-order valence-electron chi connectivity index (χ2n) is 6.71. The zero-order valence-corrected chi connectivity index (χ0v) is 16.1. The number of carbonyl (C=O) groups is 1. The number of aromatic nitrogens is 4. The fraction of sp³-hybridized carbons (Fsp3) is 0.444. The molecule has 1 aliphatic heterocycles. The van der Waals surface area contributed by atoms with E-state index in [1.807, 2.05) is 21.7 Å². The summed E-state index contributed by atoms with van der Waals surface area (Å²) in [5.74, 6) is 1.85. The molecule has 4 rings (SSSR count).